The summed E-state index contributed by atoms with van der Waals surface area (Å²) in [6.45, 7) is 7.51. The second-order valence-corrected chi connectivity index (χ2v) is 9.84. The second kappa shape index (κ2) is 9.75. The maximum Gasteiger partial charge on any atom is 0.252 e. The number of aryl methyl sites for hydroxylation is 2. The number of halogens is 1. The van der Waals surface area contributed by atoms with Gasteiger partial charge in [0.1, 0.15) is 23.1 Å². The molecule has 7 nitrogen and oxygen atoms in total. The van der Waals surface area contributed by atoms with Crippen molar-refractivity contribution in [1.29, 1.82) is 5.26 Å². The lowest BCUT2D eigenvalue weighted by Gasteiger charge is -2.48. The monoisotopic (exact) mass is 496 g/mol. The molecular weight excluding hydrogens is 467 g/mol. The molecule has 0 saturated carbocycles. The predicted octanol–water partition coefficient (Wildman–Crippen LogP) is 4.34. The van der Waals surface area contributed by atoms with E-state index < -0.39 is 0 Å². The Kier molecular flexibility index (Phi) is 6.48. The van der Waals surface area contributed by atoms with E-state index in [0.29, 0.717) is 29.8 Å². The summed E-state index contributed by atoms with van der Waals surface area (Å²) in [4.78, 5) is 26.5. The molecule has 1 aromatic carbocycles. The van der Waals surface area contributed by atoms with Crippen LogP contribution in [0.1, 0.15) is 42.4 Å². The zero-order chi connectivity index (χ0) is 26.3. The van der Waals surface area contributed by atoms with Gasteiger partial charge in [0.15, 0.2) is 0 Å². The molecule has 0 aliphatic carbocycles. The van der Waals surface area contributed by atoms with Gasteiger partial charge in [-0.1, -0.05) is 18.2 Å². The van der Waals surface area contributed by atoms with Crippen LogP contribution in [0.15, 0.2) is 65.6 Å². The minimum absolute atomic E-state index is 0.0218. The number of nitrogens with zero attached hydrogens (tertiary/aromatic N) is 6. The smallest absolute Gasteiger partial charge is 0.252 e. The third kappa shape index (κ3) is 4.58. The van der Waals surface area contributed by atoms with E-state index in [0.717, 1.165) is 22.5 Å². The van der Waals surface area contributed by atoms with Gasteiger partial charge in [-0.15, -0.1) is 0 Å². The van der Waals surface area contributed by atoms with Crippen LogP contribution in [0, 0.1) is 24.1 Å². The van der Waals surface area contributed by atoms with E-state index in [1.165, 1.54) is 6.07 Å². The molecule has 37 heavy (non-hydrogen) atoms. The Morgan fingerprint density at radius 3 is 2.57 bits per heavy atom. The Morgan fingerprint density at radius 1 is 1.05 bits per heavy atom. The molecule has 0 bridgehead atoms. The summed E-state index contributed by atoms with van der Waals surface area (Å²) in [7, 11) is 1.71. The Hall–Kier alpha value is -4.09. The molecule has 0 amide bonds. The molecule has 1 aliphatic rings. The highest BCUT2D eigenvalue weighted by molar-refractivity contribution is 5.89. The predicted molar refractivity (Wildman–Crippen MR) is 142 cm³/mol. The van der Waals surface area contributed by atoms with Crippen molar-refractivity contribution in [3.8, 4) is 6.07 Å². The van der Waals surface area contributed by atoms with Crippen LogP contribution in [-0.2, 0) is 7.05 Å². The standard InChI is InChI=1S/C29H29FN6O/c1-18-8-9-22(15-32-18)29(21-6-5-7-23(30)12-21)36-17-19(2)35(16-20(36)3)26-13-27(37)34(4)25-11-10-24(14-31)33-28(25)26/h5-13,15,19-20,29H,16-17H2,1-4H3/t19-,20?,29?/m0/s1. The van der Waals surface area contributed by atoms with Gasteiger partial charge in [0, 0.05) is 50.2 Å². The first-order valence-electron chi connectivity index (χ1n) is 12.4. The summed E-state index contributed by atoms with van der Waals surface area (Å²) in [5.74, 6) is -0.270. The molecule has 188 valence electrons. The molecule has 2 unspecified atom stereocenters. The summed E-state index contributed by atoms with van der Waals surface area (Å²) >= 11 is 0. The molecule has 1 fully saturated rings. The van der Waals surface area contributed by atoms with Crippen molar-refractivity contribution in [2.45, 2.75) is 38.9 Å². The summed E-state index contributed by atoms with van der Waals surface area (Å²) in [5.41, 5.74) is 5.04. The summed E-state index contributed by atoms with van der Waals surface area (Å²) < 4.78 is 15.9. The first-order chi connectivity index (χ1) is 17.8. The molecule has 4 aromatic rings. The van der Waals surface area contributed by atoms with Crippen LogP contribution < -0.4 is 10.5 Å². The van der Waals surface area contributed by atoms with Crippen LogP contribution in [-0.4, -0.2) is 44.6 Å². The average Bonchev–Trinajstić information content (AvgIpc) is 2.89. The second-order valence-electron chi connectivity index (χ2n) is 9.84. The summed E-state index contributed by atoms with van der Waals surface area (Å²) in [5, 5.41) is 9.43. The molecule has 0 N–H and O–H groups in total. The Morgan fingerprint density at radius 2 is 1.86 bits per heavy atom. The third-order valence-electron chi connectivity index (χ3n) is 7.27. The Labute approximate surface area is 215 Å². The molecule has 1 saturated heterocycles. The molecule has 3 aromatic heterocycles. The maximum absolute atomic E-state index is 14.3. The van der Waals surface area contributed by atoms with E-state index in [2.05, 4.69) is 45.8 Å². The Bertz CT molecular complexity index is 1560. The Balaban J connectivity index is 1.56. The number of aromatic nitrogens is 3. The quantitative estimate of drug-likeness (QED) is 0.418. The largest absolute Gasteiger partial charge is 0.364 e. The lowest BCUT2D eigenvalue weighted by atomic mass is 9.94. The van der Waals surface area contributed by atoms with Crippen molar-refractivity contribution in [3.63, 3.8) is 0 Å². The SMILES string of the molecule is Cc1ccc(C(c2cccc(F)c2)N2C[C@H](C)N(c3cc(=O)n(C)c4ccc(C#N)nc34)CC2C)cn1. The minimum atomic E-state index is -0.270. The topological polar surface area (TPSA) is 78.0 Å². The van der Waals surface area contributed by atoms with Crippen LogP contribution >= 0.6 is 0 Å². The zero-order valence-corrected chi connectivity index (χ0v) is 21.4. The van der Waals surface area contributed by atoms with E-state index in [-0.39, 0.29) is 29.5 Å². The van der Waals surface area contributed by atoms with Gasteiger partial charge in [-0.05, 0) is 62.2 Å². The van der Waals surface area contributed by atoms with Gasteiger partial charge in [-0.3, -0.25) is 14.7 Å². The number of hydrogen-bond donors (Lipinski definition) is 0. The number of rotatable bonds is 4. The maximum atomic E-state index is 14.3. The van der Waals surface area contributed by atoms with Gasteiger partial charge >= 0.3 is 0 Å². The van der Waals surface area contributed by atoms with Crippen LogP contribution in [0.5, 0.6) is 0 Å². The molecule has 1 aliphatic heterocycles. The average molecular weight is 497 g/mol. The van der Waals surface area contributed by atoms with Crippen molar-refractivity contribution in [2.24, 2.45) is 7.05 Å². The van der Waals surface area contributed by atoms with Crippen molar-refractivity contribution >= 4 is 16.7 Å². The van der Waals surface area contributed by atoms with Crippen LogP contribution in [0.3, 0.4) is 0 Å². The van der Waals surface area contributed by atoms with E-state index in [1.54, 1.807) is 41.9 Å². The fourth-order valence-corrected chi connectivity index (χ4v) is 5.33. The highest BCUT2D eigenvalue weighted by Gasteiger charge is 2.36. The van der Waals surface area contributed by atoms with Crippen molar-refractivity contribution in [3.05, 3.63) is 99.5 Å². The lowest BCUT2D eigenvalue weighted by molar-refractivity contribution is 0.129. The molecule has 3 atom stereocenters. The van der Waals surface area contributed by atoms with Crippen LogP contribution in [0.2, 0.25) is 0 Å². The number of piperazine rings is 1. The molecule has 5 rings (SSSR count). The van der Waals surface area contributed by atoms with E-state index >= 15 is 0 Å². The first kappa shape index (κ1) is 24.6. The summed E-state index contributed by atoms with van der Waals surface area (Å²) in [6, 6.07) is 17.8. The minimum Gasteiger partial charge on any atom is -0.364 e. The van der Waals surface area contributed by atoms with E-state index in [4.69, 9.17) is 0 Å². The zero-order valence-electron chi connectivity index (χ0n) is 21.4. The fourth-order valence-electron chi connectivity index (χ4n) is 5.33. The van der Waals surface area contributed by atoms with Crippen molar-refractivity contribution in [2.75, 3.05) is 18.0 Å². The number of nitriles is 1. The van der Waals surface area contributed by atoms with Gasteiger partial charge in [-0.25, -0.2) is 9.37 Å². The van der Waals surface area contributed by atoms with Crippen molar-refractivity contribution in [1.82, 2.24) is 19.4 Å². The molecular formula is C29H29FN6O. The number of fused-ring (bicyclic) bond motifs is 1. The van der Waals surface area contributed by atoms with Gasteiger partial charge in [0.25, 0.3) is 5.56 Å². The number of hydrogen-bond acceptors (Lipinski definition) is 6. The van der Waals surface area contributed by atoms with Gasteiger partial charge < -0.3 is 9.47 Å². The molecule has 8 heteroatoms. The first-order valence-corrected chi connectivity index (χ1v) is 12.4. The summed E-state index contributed by atoms with van der Waals surface area (Å²) in [6.07, 6.45) is 1.87. The lowest BCUT2D eigenvalue weighted by Crippen LogP contribution is -2.57. The number of anilines is 1. The normalized spacial score (nSPS) is 19.1. The molecule has 0 radical (unpaired) electrons. The van der Waals surface area contributed by atoms with Crippen LogP contribution in [0.25, 0.3) is 11.0 Å². The highest BCUT2D eigenvalue weighted by atomic mass is 19.1. The van der Waals surface area contributed by atoms with Crippen molar-refractivity contribution < 1.29 is 4.39 Å². The van der Waals surface area contributed by atoms with E-state index in [9.17, 15) is 14.4 Å². The van der Waals surface area contributed by atoms with Gasteiger partial charge in [-0.2, -0.15) is 5.26 Å². The van der Waals surface area contributed by atoms with Gasteiger partial charge in [0.2, 0.25) is 0 Å². The molecule has 4 heterocycles. The molecule has 0 spiro atoms. The number of benzene rings is 1. The fraction of sp³-hybridized carbons (Fsp3) is 0.310. The van der Waals surface area contributed by atoms with E-state index in [1.807, 2.05) is 25.3 Å². The third-order valence-corrected chi connectivity index (χ3v) is 7.27. The highest BCUT2D eigenvalue weighted by Crippen LogP contribution is 2.36. The van der Waals surface area contributed by atoms with Crippen LogP contribution in [0.4, 0.5) is 10.1 Å². The van der Waals surface area contributed by atoms with Gasteiger partial charge in [0.05, 0.1) is 17.2 Å². The number of pyridine rings is 3.